The zero-order valence-corrected chi connectivity index (χ0v) is 8.66. The van der Waals surface area contributed by atoms with E-state index in [9.17, 15) is 0 Å². The van der Waals surface area contributed by atoms with Gasteiger partial charge in [0, 0.05) is 6.04 Å². The minimum Gasteiger partial charge on any atom is -0.380 e. The number of thioether (sulfide) groups is 1. The summed E-state index contributed by atoms with van der Waals surface area (Å²) in [6.45, 7) is 2.05. The lowest BCUT2D eigenvalue weighted by Gasteiger charge is -2.23. The topological polar surface area (TPSA) is 40.7 Å². The van der Waals surface area contributed by atoms with Crippen LogP contribution in [-0.2, 0) is 0 Å². The van der Waals surface area contributed by atoms with E-state index in [2.05, 4.69) is 27.3 Å². The lowest BCUT2D eigenvalue weighted by Crippen LogP contribution is -2.24. The predicted octanol–water partition coefficient (Wildman–Crippen LogP) is 2.03. The van der Waals surface area contributed by atoms with Gasteiger partial charge in [-0.15, -0.1) is 0 Å². The fourth-order valence-corrected chi connectivity index (χ4v) is 2.66. The standard InChI is InChI=1S/C9H15N3S/c1-7-9(6-10-12-7)11-8-2-4-13-5-3-8/h6,8,11H,2-5H2,1H3,(H,10,12). The van der Waals surface area contributed by atoms with Gasteiger partial charge in [-0.1, -0.05) is 0 Å². The average Bonchev–Trinajstić information content (AvgIpc) is 2.54. The molecule has 0 amide bonds. The van der Waals surface area contributed by atoms with Gasteiger partial charge >= 0.3 is 0 Å². The van der Waals surface area contributed by atoms with E-state index >= 15 is 0 Å². The van der Waals surface area contributed by atoms with E-state index in [0.717, 1.165) is 11.4 Å². The van der Waals surface area contributed by atoms with Crippen LogP contribution in [0.4, 0.5) is 5.69 Å². The molecule has 1 saturated heterocycles. The molecule has 13 heavy (non-hydrogen) atoms. The van der Waals surface area contributed by atoms with Gasteiger partial charge < -0.3 is 5.32 Å². The van der Waals surface area contributed by atoms with Crippen molar-refractivity contribution in [3.05, 3.63) is 11.9 Å². The molecule has 0 aliphatic carbocycles. The van der Waals surface area contributed by atoms with Crippen molar-refractivity contribution < 1.29 is 0 Å². The smallest absolute Gasteiger partial charge is 0.0755 e. The van der Waals surface area contributed by atoms with E-state index in [0.29, 0.717) is 6.04 Å². The number of aromatic nitrogens is 2. The van der Waals surface area contributed by atoms with E-state index in [1.54, 1.807) is 0 Å². The first-order chi connectivity index (χ1) is 6.36. The first-order valence-corrected chi connectivity index (χ1v) is 5.86. The Balaban J connectivity index is 1.93. The average molecular weight is 197 g/mol. The molecule has 2 N–H and O–H groups in total. The summed E-state index contributed by atoms with van der Waals surface area (Å²) < 4.78 is 0. The molecule has 0 aromatic carbocycles. The fraction of sp³-hybridized carbons (Fsp3) is 0.667. The molecule has 1 aromatic heterocycles. The Labute approximate surface area is 82.7 Å². The molecule has 72 valence electrons. The van der Waals surface area contributed by atoms with E-state index in [-0.39, 0.29) is 0 Å². The zero-order valence-electron chi connectivity index (χ0n) is 7.84. The zero-order chi connectivity index (χ0) is 9.10. The molecule has 1 aliphatic heterocycles. The highest BCUT2D eigenvalue weighted by atomic mass is 32.2. The molecule has 2 heterocycles. The highest BCUT2D eigenvalue weighted by molar-refractivity contribution is 7.99. The summed E-state index contributed by atoms with van der Waals surface area (Å²) in [6, 6.07) is 0.651. The number of hydrogen-bond acceptors (Lipinski definition) is 3. The molecule has 1 aliphatic rings. The normalized spacial score (nSPS) is 18.8. The van der Waals surface area contributed by atoms with Crippen LogP contribution in [0, 0.1) is 6.92 Å². The Hall–Kier alpha value is -0.640. The maximum Gasteiger partial charge on any atom is 0.0755 e. The molecule has 0 spiro atoms. The number of anilines is 1. The number of rotatable bonds is 2. The van der Waals surface area contributed by atoms with Gasteiger partial charge in [0.15, 0.2) is 0 Å². The van der Waals surface area contributed by atoms with E-state index in [1.807, 2.05) is 13.1 Å². The van der Waals surface area contributed by atoms with Crippen LogP contribution < -0.4 is 5.32 Å². The minimum atomic E-state index is 0.651. The number of hydrogen-bond donors (Lipinski definition) is 2. The van der Waals surface area contributed by atoms with E-state index in [1.165, 1.54) is 24.3 Å². The SMILES string of the molecule is Cc1[nH]ncc1NC1CCSCC1. The second kappa shape index (κ2) is 4.05. The summed E-state index contributed by atoms with van der Waals surface area (Å²) in [5.41, 5.74) is 2.30. The Bertz CT molecular complexity index is 266. The highest BCUT2D eigenvalue weighted by Gasteiger charge is 2.14. The quantitative estimate of drug-likeness (QED) is 0.762. The van der Waals surface area contributed by atoms with Gasteiger partial charge in [0.2, 0.25) is 0 Å². The molecule has 1 fully saturated rings. The van der Waals surface area contributed by atoms with Gasteiger partial charge in [-0.25, -0.2) is 0 Å². The second-order valence-corrected chi connectivity index (χ2v) is 4.66. The summed E-state index contributed by atoms with van der Waals surface area (Å²) in [7, 11) is 0. The summed E-state index contributed by atoms with van der Waals surface area (Å²) in [6.07, 6.45) is 4.42. The van der Waals surface area contributed by atoms with E-state index in [4.69, 9.17) is 0 Å². The van der Waals surface area contributed by atoms with Gasteiger partial charge in [0.1, 0.15) is 0 Å². The van der Waals surface area contributed by atoms with Crippen LogP contribution in [-0.4, -0.2) is 27.7 Å². The van der Waals surface area contributed by atoms with Crippen LogP contribution in [0.3, 0.4) is 0 Å². The molecule has 0 radical (unpaired) electrons. The molecule has 4 heteroatoms. The highest BCUT2D eigenvalue weighted by Crippen LogP contribution is 2.21. The molecular formula is C9H15N3S. The Morgan fingerprint density at radius 1 is 1.54 bits per heavy atom. The molecule has 0 bridgehead atoms. The lowest BCUT2D eigenvalue weighted by atomic mass is 10.1. The second-order valence-electron chi connectivity index (χ2n) is 3.44. The van der Waals surface area contributed by atoms with Gasteiger partial charge in [-0.3, -0.25) is 5.10 Å². The molecular weight excluding hydrogens is 182 g/mol. The monoisotopic (exact) mass is 197 g/mol. The van der Waals surface area contributed by atoms with Crippen molar-refractivity contribution >= 4 is 17.4 Å². The first-order valence-electron chi connectivity index (χ1n) is 4.70. The van der Waals surface area contributed by atoms with Crippen LogP contribution in [0.15, 0.2) is 6.20 Å². The van der Waals surface area contributed by atoms with Crippen molar-refractivity contribution in [2.24, 2.45) is 0 Å². The largest absolute Gasteiger partial charge is 0.380 e. The predicted molar refractivity (Wildman–Crippen MR) is 57.3 cm³/mol. The van der Waals surface area contributed by atoms with Crippen LogP contribution in [0.5, 0.6) is 0 Å². The number of nitrogens with one attached hydrogen (secondary N) is 2. The van der Waals surface area contributed by atoms with Crippen molar-refractivity contribution in [2.75, 3.05) is 16.8 Å². The maximum absolute atomic E-state index is 3.99. The van der Waals surface area contributed by atoms with Crippen LogP contribution in [0.1, 0.15) is 18.5 Å². The Kier molecular flexibility index (Phi) is 2.78. The lowest BCUT2D eigenvalue weighted by molar-refractivity contribution is 0.666. The Morgan fingerprint density at radius 2 is 2.31 bits per heavy atom. The van der Waals surface area contributed by atoms with Gasteiger partial charge in [0.05, 0.1) is 17.6 Å². The third kappa shape index (κ3) is 2.18. The Morgan fingerprint density at radius 3 is 2.92 bits per heavy atom. The summed E-state index contributed by atoms with van der Waals surface area (Å²) in [5.74, 6) is 2.57. The van der Waals surface area contributed by atoms with Crippen molar-refractivity contribution in [3.8, 4) is 0 Å². The van der Waals surface area contributed by atoms with Crippen molar-refractivity contribution in [1.82, 2.24) is 10.2 Å². The third-order valence-corrected chi connectivity index (χ3v) is 3.46. The summed E-state index contributed by atoms with van der Waals surface area (Å²) >= 11 is 2.05. The molecule has 0 atom stereocenters. The van der Waals surface area contributed by atoms with Crippen LogP contribution in [0.25, 0.3) is 0 Å². The number of aromatic amines is 1. The number of aryl methyl sites for hydroxylation is 1. The molecule has 1 aromatic rings. The molecule has 3 nitrogen and oxygen atoms in total. The fourth-order valence-electron chi connectivity index (χ4n) is 1.56. The molecule has 0 saturated carbocycles. The number of nitrogens with zero attached hydrogens (tertiary/aromatic N) is 1. The number of H-pyrrole nitrogens is 1. The third-order valence-electron chi connectivity index (χ3n) is 2.41. The first kappa shape index (κ1) is 8.94. The van der Waals surface area contributed by atoms with Crippen molar-refractivity contribution in [1.29, 1.82) is 0 Å². The van der Waals surface area contributed by atoms with Crippen LogP contribution >= 0.6 is 11.8 Å². The molecule has 2 rings (SSSR count). The van der Waals surface area contributed by atoms with Gasteiger partial charge in [-0.05, 0) is 31.3 Å². The maximum atomic E-state index is 3.99. The van der Waals surface area contributed by atoms with Gasteiger partial charge in [0.25, 0.3) is 0 Å². The van der Waals surface area contributed by atoms with Crippen LogP contribution in [0.2, 0.25) is 0 Å². The summed E-state index contributed by atoms with van der Waals surface area (Å²) in [5, 5.41) is 10.5. The van der Waals surface area contributed by atoms with E-state index < -0.39 is 0 Å². The summed E-state index contributed by atoms with van der Waals surface area (Å²) in [4.78, 5) is 0. The molecule has 0 unspecified atom stereocenters. The van der Waals surface area contributed by atoms with Crippen molar-refractivity contribution in [3.63, 3.8) is 0 Å². The van der Waals surface area contributed by atoms with Crippen molar-refractivity contribution in [2.45, 2.75) is 25.8 Å². The minimum absolute atomic E-state index is 0.651. The van der Waals surface area contributed by atoms with Gasteiger partial charge in [-0.2, -0.15) is 16.9 Å².